The number of ether oxygens (including phenoxy) is 1. The van der Waals surface area contributed by atoms with E-state index in [2.05, 4.69) is 17.6 Å². The van der Waals surface area contributed by atoms with Gasteiger partial charge in [-0.25, -0.2) is 0 Å². The molecule has 1 aromatic rings. The molecule has 2 N–H and O–H groups in total. The van der Waals surface area contributed by atoms with Gasteiger partial charge in [0.1, 0.15) is 0 Å². The molecule has 100 valence electrons. The van der Waals surface area contributed by atoms with Crippen LogP contribution in [0.5, 0.6) is 0 Å². The van der Waals surface area contributed by atoms with Gasteiger partial charge in [-0.3, -0.25) is 4.79 Å². The molecule has 2 rings (SSSR count). The van der Waals surface area contributed by atoms with Crippen molar-refractivity contribution in [3.63, 3.8) is 0 Å². The first kappa shape index (κ1) is 13.5. The van der Waals surface area contributed by atoms with Crippen molar-refractivity contribution >= 4 is 22.9 Å². The van der Waals surface area contributed by atoms with Crippen molar-refractivity contribution in [3.8, 4) is 0 Å². The molecule has 2 unspecified atom stereocenters. The number of carbonyl (C=O) groups is 1. The zero-order valence-electron chi connectivity index (χ0n) is 10.9. The van der Waals surface area contributed by atoms with Crippen molar-refractivity contribution in [3.05, 3.63) is 16.3 Å². The molecule has 0 radical (unpaired) electrons. The summed E-state index contributed by atoms with van der Waals surface area (Å²) in [6.07, 6.45) is 1.14. The van der Waals surface area contributed by atoms with Crippen molar-refractivity contribution in [2.75, 3.05) is 18.5 Å². The first-order valence-electron chi connectivity index (χ1n) is 6.32. The lowest BCUT2D eigenvalue weighted by Gasteiger charge is -2.19. The molecule has 1 saturated heterocycles. The zero-order chi connectivity index (χ0) is 13.0. The Morgan fingerprint density at radius 3 is 3.17 bits per heavy atom. The maximum Gasteiger partial charge on any atom is 0.221 e. The summed E-state index contributed by atoms with van der Waals surface area (Å²) in [7, 11) is 0. The van der Waals surface area contributed by atoms with Crippen LogP contribution in [0, 0.1) is 5.92 Å². The average molecular weight is 268 g/mol. The maximum absolute atomic E-state index is 11.1. The molecule has 1 aromatic heterocycles. The fourth-order valence-electron chi connectivity index (χ4n) is 2.15. The van der Waals surface area contributed by atoms with Crippen molar-refractivity contribution in [1.82, 2.24) is 5.32 Å². The second-order valence-corrected chi connectivity index (χ2v) is 5.73. The number of anilines is 1. The number of amides is 1. The molecule has 4 nitrogen and oxygen atoms in total. The molecular formula is C13H20N2O2S. The smallest absolute Gasteiger partial charge is 0.221 e. The normalized spacial score (nSPS) is 20.9. The Morgan fingerprint density at radius 2 is 2.50 bits per heavy atom. The van der Waals surface area contributed by atoms with E-state index in [0.29, 0.717) is 12.0 Å². The molecule has 18 heavy (non-hydrogen) atoms. The molecule has 2 atom stereocenters. The number of thiophene rings is 1. The van der Waals surface area contributed by atoms with E-state index >= 15 is 0 Å². The maximum atomic E-state index is 11.1. The minimum absolute atomic E-state index is 0.0214. The molecule has 0 aliphatic carbocycles. The molecule has 0 bridgehead atoms. The van der Waals surface area contributed by atoms with Crippen LogP contribution in [-0.2, 0) is 16.1 Å². The summed E-state index contributed by atoms with van der Waals surface area (Å²) in [5.74, 6) is 0.584. The zero-order valence-corrected chi connectivity index (χ0v) is 11.7. The van der Waals surface area contributed by atoms with Crippen molar-refractivity contribution < 1.29 is 9.53 Å². The van der Waals surface area contributed by atoms with E-state index in [0.717, 1.165) is 31.9 Å². The summed E-state index contributed by atoms with van der Waals surface area (Å²) >= 11 is 1.67. The Labute approximate surface area is 112 Å². The standard InChI is InChI=1S/C13H20N2O2S/c1-9(11-3-5-17-8-11)14-7-13-12(4-6-18-13)15-10(2)16/h4,6,9,11,14H,3,5,7-8H2,1-2H3,(H,15,16). The summed E-state index contributed by atoms with van der Waals surface area (Å²) in [6.45, 7) is 6.27. The Bertz CT molecular complexity index is 399. The molecule has 5 heteroatoms. The van der Waals surface area contributed by atoms with Gasteiger partial charge in [0.25, 0.3) is 0 Å². The number of carbonyl (C=O) groups excluding carboxylic acids is 1. The van der Waals surface area contributed by atoms with Gasteiger partial charge in [0.05, 0.1) is 12.3 Å². The predicted octanol–water partition coefficient (Wildman–Crippen LogP) is 2.22. The number of hydrogen-bond donors (Lipinski definition) is 2. The van der Waals surface area contributed by atoms with E-state index in [4.69, 9.17) is 4.74 Å². The van der Waals surface area contributed by atoms with Gasteiger partial charge in [-0.2, -0.15) is 0 Å². The summed E-state index contributed by atoms with van der Waals surface area (Å²) < 4.78 is 5.40. The van der Waals surface area contributed by atoms with Gasteiger partial charge in [-0.05, 0) is 30.7 Å². The van der Waals surface area contributed by atoms with Crippen LogP contribution in [0.4, 0.5) is 5.69 Å². The third-order valence-electron chi connectivity index (χ3n) is 3.31. The lowest BCUT2D eigenvalue weighted by molar-refractivity contribution is -0.114. The Morgan fingerprint density at radius 1 is 1.67 bits per heavy atom. The summed E-state index contributed by atoms with van der Waals surface area (Å²) in [5, 5.41) is 8.38. The van der Waals surface area contributed by atoms with Gasteiger partial charge in [0.2, 0.25) is 5.91 Å². The van der Waals surface area contributed by atoms with E-state index in [9.17, 15) is 4.79 Å². The summed E-state index contributed by atoms with van der Waals surface area (Å²) in [5.41, 5.74) is 0.926. The SMILES string of the molecule is CC(=O)Nc1ccsc1CNC(C)C1CCOC1. The van der Waals surface area contributed by atoms with Crippen LogP contribution >= 0.6 is 11.3 Å². The van der Waals surface area contributed by atoms with E-state index in [1.807, 2.05) is 11.4 Å². The fourth-order valence-corrected chi connectivity index (χ4v) is 2.93. The summed E-state index contributed by atoms with van der Waals surface area (Å²) in [6, 6.07) is 2.40. The number of nitrogens with one attached hydrogen (secondary N) is 2. The highest BCUT2D eigenvalue weighted by Crippen LogP contribution is 2.23. The average Bonchev–Trinajstić information content (AvgIpc) is 2.95. The minimum Gasteiger partial charge on any atom is -0.381 e. The van der Waals surface area contributed by atoms with Crippen LogP contribution in [0.3, 0.4) is 0 Å². The quantitative estimate of drug-likeness (QED) is 0.861. The number of rotatable bonds is 5. The summed E-state index contributed by atoms with van der Waals surface area (Å²) in [4.78, 5) is 12.2. The Kier molecular flexibility index (Phi) is 4.74. The topological polar surface area (TPSA) is 50.4 Å². The van der Waals surface area contributed by atoms with Crippen LogP contribution in [0.2, 0.25) is 0 Å². The lowest BCUT2D eigenvalue weighted by atomic mass is 10.0. The van der Waals surface area contributed by atoms with Crippen LogP contribution < -0.4 is 10.6 Å². The van der Waals surface area contributed by atoms with Gasteiger partial charge in [-0.1, -0.05) is 0 Å². The van der Waals surface area contributed by atoms with Crippen LogP contribution in [0.1, 0.15) is 25.1 Å². The third-order valence-corrected chi connectivity index (χ3v) is 4.23. The van der Waals surface area contributed by atoms with Gasteiger partial charge >= 0.3 is 0 Å². The molecule has 2 heterocycles. The minimum atomic E-state index is -0.0214. The van der Waals surface area contributed by atoms with Crippen LogP contribution in [-0.4, -0.2) is 25.2 Å². The first-order chi connectivity index (χ1) is 8.66. The molecular weight excluding hydrogens is 248 g/mol. The highest BCUT2D eigenvalue weighted by Gasteiger charge is 2.22. The first-order valence-corrected chi connectivity index (χ1v) is 7.20. The molecule has 1 aliphatic heterocycles. The molecule has 0 saturated carbocycles. The second kappa shape index (κ2) is 6.31. The van der Waals surface area contributed by atoms with E-state index < -0.39 is 0 Å². The largest absolute Gasteiger partial charge is 0.381 e. The third kappa shape index (κ3) is 3.54. The fraction of sp³-hybridized carbons (Fsp3) is 0.615. The second-order valence-electron chi connectivity index (χ2n) is 4.73. The van der Waals surface area contributed by atoms with Gasteiger partial charge < -0.3 is 15.4 Å². The van der Waals surface area contributed by atoms with E-state index in [-0.39, 0.29) is 5.91 Å². The lowest BCUT2D eigenvalue weighted by Crippen LogP contribution is -2.33. The highest BCUT2D eigenvalue weighted by molar-refractivity contribution is 7.10. The monoisotopic (exact) mass is 268 g/mol. The highest BCUT2D eigenvalue weighted by atomic mass is 32.1. The van der Waals surface area contributed by atoms with Crippen molar-refractivity contribution in [1.29, 1.82) is 0 Å². The van der Waals surface area contributed by atoms with Crippen LogP contribution in [0.25, 0.3) is 0 Å². The van der Waals surface area contributed by atoms with Crippen LogP contribution in [0.15, 0.2) is 11.4 Å². The van der Waals surface area contributed by atoms with Gasteiger partial charge in [0.15, 0.2) is 0 Å². The molecule has 1 amide bonds. The van der Waals surface area contributed by atoms with Crippen molar-refractivity contribution in [2.24, 2.45) is 5.92 Å². The van der Waals surface area contributed by atoms with Gasteiger partial charge in [-0.15, -0.1) is 11.3 Å². The van der Waals surface area contributed by atoms with E-state index in [1.165, 1.54) is 11.8 Å². The van der Waals surface area contributed by atoms with E-state index in [1.54, 1.807) is 11.3 Å². The van der Waals surface area contributed by atoms with Gasteiger partial charge in [0, 0.05) is 31.0 Å². The Hall–Kier alpha value is -0.910. The predicted molar refractivity (Wildman–Crippen MR) is 73.9 cm³/mol. The molecule has 1 fully saturated rings. The molecule has 0 aromatic carbocycles. The number of hydrogen-bond acceptors (Lipinski definition) is 4. The molecule has 1 aliphatic rings. The van der Waals surface area contributed by atoms with Crippen molar-refractivity contribution in [2.45, 2.75) is 32.9 Å². The Balaban J connectivity index is 1.85. The molecule has 0 spiro atoms.